The van der Waals surface area contributed by atoms with Gasteiger partial charge in [-0.25, -0.2) is 0 Å². The standard InChI is InChI=1S/C17H35NO/c1-14(2)7-6-12-19-17(13-18-15(3)4)10-8-16(5)9-11-17/h14-16,18H,6-13H2,1-5H3. The van der Waals surface area contributed by atoms with E-state index >= 15 is 0 Å². The fourth-order valence-electron chi connectivity index (χ4n) is 2.83. The Morgan fingerprint density at radius 2 is 1.79 bits per heavy atom. The van der Waals surface area contributed by atoms with Crippen LogP contribution in [0.3, 0.4) is 0 Å². The maximum absolute atomic E-state index is 6.36. The Hall–Kier alpha value is -0.0800. The van der Waals surface area contributed by atoms with E-state index in [2.05, 4.69) is 39.9 Å². The van der Waals surface area contributed by atoms with Crippen LogP contribution in [0, 0.1) is 11.8 Å². The molecule has 0 spiro atoms. The van der Waals surface area contributed by atoms with Gasteiger partial charge in [-0.1, -0.05) is 34.6 Å². The summed E-state index contributed by atoms with van der Waals surface area (Å²) in [4.78, 5) is 0. The van der Waals surface area contributed by atoms with Gasteiger partial charge in [-0.3, -0.25) is 0 Å². The average molecular weight is 269 g/mol. The molecule has 2 nitrogen and oxygen atoms in total. The van der Waals surface area contributed by atoms with Crippen LogP contribution < -0.4 is 5.32 Å². The summed E-state index contributed by atoms with van der Waals surface area (Å²) in [5, 5.41) is 3.60. The van der Waals surface area contributed by atoms with Gasteiger partial charge in [-0.2, -0.15) is 0 Å². The second kappa shape index (κ2) is 8.26. The van der Waals surface area contributed by atoms with Crippen molar-refractivity contribution < 1.29 is 4.74 Å². The first-order chi connectivity index (χ1) is 8.93. The van der Waals surface area contributed by atoms with Crippen molar-refractivity contribution in [1.82, 2.24) is 5.32 Å². The highest BCUT2D eigenvalue weighted by Crippen LogP contribution is 2.34. The fraction of sp³-hybridized carbons (Fsp3) is 1.00. The average Bonchev–Trinajstić information content (AvgIpc) is 2.35. The molecule has 1 aliphatic carbocycles. The smallest absolute Gasteiger partial charge is 0.0806 e. The van der Waals surface area contributed by atoms with Crippen molar-refractivity contribution in [3.05, 3.63) is 0 Å². The Morgan fingerprint density at radius 1 is 1.16 bits per heavy atom. The Bertz CT molecular complexity index is 229. The predicted molar refractivity (Wildman–Crippen MR) is 83.5 cm³/mol. The Labute approximate surface area is 120 Å². The van der Waals surface area contributed by atoms with E-state index in [0.717, 1.165) is 25.0 Å². The van der Waals surface area contributed by atoms with Crippen molar-refractivity contribution >= 4 is 0 Å². The van der Waals surface area contributed by atoms with Crippen LogP contribution in [0.25, 0.3) is 0 Å². The molecular formula is C17H35NO. The highest BCUT2D eigenvalue weighted by molar-refractivity contribution is 4.89. The SMILES string of the molecule is CC(C)CCCOC1(CNC(C)C)CCC(C)CC1. The third kappa shape index (κ3) is 6.76. The maximum Gasteiger partial charge on any atom is 0.0806 e. The lowest BCUT2D eigenvalue weighted by Crippen LogP contribution is -2.47. The van der Waals surface area contributed by atoms with E-state index in [1.807, 2.05) is 0 Å². The van der Waals surface area contributed by atoms with Crippen molar-refractivity contribution in [1.29, 1.82) is 0 Å². The molecular weight excluding hydrogens is 234 g/mol. The van der Waals surface area contributed by atoms with Crippen LogP contribution in [0.1, 0.15) is 73.1 Å². The summed E-state index contributed by atoms with van der Waals surface area (Å²) in [5.41, 5.74) is 0.119. The number of hydrogen-bond donors (Lipinski definition) is 1. The number of ether oxygens (including phenoxy) is 1. The number of rotatable bonds is 8. The molecule has 0 aromatic rings. The molecule has 0 saturated heterocycles. The number of hydrogen-bond acceptors (Lipinski definition) is 2. The third-order valence-electron chi connectivity index (χ3n) is 4.35. The first-order valence-electron chi connectivity index (χ1n) is 8.31. The van der Waals surface area contributed by atoms with Crippen LogP contribution in [-0.4, -0.2) is 24.8 Å². The van der Waals surface area contributed by atoms with Gasteiger partial charge in [0.15, 0.2) is 0 Å². The van der Waals surface area contributed by atoms with E-state index in [1.54, 1.807) is 0 Å². The molecule has 0 aromatic heterocycles. The van der Waals surface area contributed by atoms with Gasteiger partial charge in [0, 0.05) is 19.2 Å². The van der Waals surface area contributed by atoms with Crippen LogP contribution in [0.2, 0.25) is 0 Å². The first-order valence-corrected chi connectivity index (χ1v) is 8.31. The van der Waals surface area contributed by atoms with Crippen molar-refractivity contribution in [3.8, 4) is 0 Å². The molecule has 2 heteroatoms. The van der Waals surface area contributed by atoms with Crippen molar-refractivity contribution in [2.24, 2.45) is 11.8 Å². The Kier molecular flexibility index (Phi) is 7.38. The van der Waals surface area contributed by atoms with Gasteiger partial charge in [-0.05, 0) is 50.4 Å². The van der Waals surface area contributed by atoms with Crippen LogP contribution in [-0.2, 0) is 4.74 Å². The molecule has 0 aliphatic heterocycles. The summed E-state index contributed by atoms with van der Waals surface area (Å²) in [6.45, 7) is 13.4. The summed E-state index contributed by atoms with van der Waals surface area (Å²) >= 11 is 0. The quantitative estimate of drug-likeness (QED) is 0.660. The fourth-order valence-corrected chi connectivity index (χ4v) is 2.83. The van der Waals surface area contributed by atoms with Crippen LogP contribution in [0.15, 0.2) is 0 Å². The molecule has 1 rings (SSSR count). The van der Waals surface area contributed by atoms with Crippen LogP contribution in [0.5, 0.6) is 0 Å². The molecule has 0 atom stereocenters. The zero-order valence-electron chi connectivity index (χ0n) is 13.8. The van der Waals surface area contributed by atoms with Crippen LogP contribution >= 0.6 is 0 Å². The summed E-state index contributed by atoms with van der Waals surface area (Å²) in [7, 11) is 0. The molecule has 0 unspecified atom stereocenters. The maximum atomic E-state index is 6.36. The highest BCUT2D eigenvalue weighted by atomic mass is 16.5. The lowest BCUT2D eigenvalue weighted by atomic mass is 9.79. The van der Waals surface area contributed by atoms with E-state index in [1.165, 1.54) is 38.5 Å². The van der Waals surface area contributed by atoms with Gasteiger partial charge < -0.3 is 10.1 Å². The van der Waals surface area contributed by atoms with E-state index in [-0.39, 0.29) is 5.60 Å². The zero-order chi connectivity index (χ0) is 14.3. The molecule has 0 heterocycles. The minimum atomic E-state index is 0.119. The molecule has 1 fully saturated rings. The molecule has 0 bridgehead atoms. The predicted octanol–water partition coefficient (Wildman–Crippen LogP) is 4.39. The molecule has 0 aromatic carbocycles. The van der Waals surface area contributed by atoms with E-state index in [4.69, 9.17) is 4.74 Å². The van der Waals surface area contributed by atoms with Crippen molar-refractivity contribution in [2.75, 3.05) is 13.2 Å². The minimum Gasteiger partial charge on any atom is -0.374 e. The first kappa shape index (κ1) is 17.0. The minimum absolute atomic E-state index is 0.119. The molecule has 1 saturated carbocycles. The summed E-state index contributed by atoms with van der Waals surface area (Å²) < 4.78 is 6.36. The van der Waals surface area contributed by atoms with Crippen LogP contribution in [0.4, 0.5) is 0 Å². The van der Waals surface area contributed by atoms with E-state index in [9.17, 15) is 0 Å². The van der Waals surface area contributed by atoms with Gasteiger partial charge >= 0.3 is 0 Å². The van der Waals surface area contributed by atoms with Gasteiger partial charge in [0.1, 0.15) is 0 Å². The topological polar surface area (TPSA) is 21.3 Å². The molecule has 1 aliphatic rings. The third-order valence-corrected chi connectivity index (χ3v) is 4.35. The van der Waals surface area contributed by atoms with Gasteiger partial charge in [0.25, 0.3) is 0 Å². The second-order valence-corrected chi connectivity index (χ2v) is 7.29. The van der Waals surface area contributed by atoms with E-state index < -0.39 is 0 Å². The zero-order valence-corrected chi connectivity index (χ0v) is 13.8. The van der Waals surface area contributed by atoms with Crippen molar-refractivity contribution in [3.63, 3.8) is 0 Å². The van der Waals surface area contributed by atoms with E-state index in [0.29, 0.717) is 6.04 Å². The lowest BCUT2D eigenvalue weighted by Gasteiger charge is -2.40. The summed E-state index contributed by atoms with van der Waals surface area (Å²) in [6.07, 6.45) is 7.60. The molecule has 0 radical (unpaired) electrons. The monoisotopic (exact) mass is 269 g/mol. The van der Waals surface area contributed by atoms with Gasteiger partial charge in [-0.15, -0.1) is 0 Å². The summed E-state index contributed by atoms with van der Waals surface area (Å²) in [6, 6.07) is 0.551. The summed E-state index contributed by atoms with van der Waals surface area (Å²) in [5.74, 6) is 1.67. The molecule has 19 heavy (non-hydrogen) atoms. The van der Waals surface area contributed by atoms with Gasteiger partial charge in [0.05, 0.1) is 5.60 Å². The van der Waals surface area contributed by atoms with Gasteiger partial charge in [0.2, 0.25) is 0 Å². The molecule has 1 N–H and O–H groups in total. The number of nitrogens with one attached hydrogen (secondary N) is 1. The molecule has 0 amide bonds. The second-order valence-electron chi connectivity index (χ2n) is 7.29. The highest BCUT2D eigenvalue weighted by Gasteiger charge is 2.34. The van der Waals surface area contributed by atoms with Crippen molar-refractivity contribution in [2.45, 2.75) is 84.8 Å². The molecule has 114 valence electrons. The Morgan fingerprint density at radius 3 is 2.32 bits per heavy atom. The normalized spacial score (nSPS) is 28.3. The largest absolute Gasteiger partial charge is 0.374 e. The lowest BCUT2D eigenvalue weighted by molar-refractivity contribution is -0.0776. The Balaban J connectivity index is 2.40.